The zero-order valence-corrected chi connectivity index (χ0v) is 9.89. The van der Waals surface area contributed by atoms with Gasteiger partial charge < -0.3 is 16.2 Å². The summed E-state index contributed by atoms with van der Waals surface area (Å²) in [6, 6.07) is 6.23. The van der Waals surface area contributed by atoms with Crippen molar-refractivity contribution in [2.24, 2.45) is 5.73 Å². The number of ether oxygens (including phenoxy) is 1. The lowest BCUT2D eigenvalue weighted by Gasteiger charge is -2.07. The fraction of sp³-hybridized carbons (Fsp3) is 0. The van der Waals surface area contributed by atoms with Crippen LogP contribution in [0.1, 0.15) is 10.4 Å². The van der Waals surface area contributed by atoms with Crippen molar-refractivity contribution < 1.29 is 9.53 Å². The van der Waals surface area contributed by atoms with E-state index >= 15 is 0 Å². The Morgan fingerprint density at radius 1 is 1.28 bits per heavy atom. The number of carbonyl (C=O) groups excluding carboxylic acids is 1. The van der Waals surface area contributed by atoms with Crippen LogP contribution in [0, 0.1) is 0 Å². The summed E-state index contributed by atoms with van der Waals surface area (Å²) in [5.74, 6) is 0.106. The maximum atomic E-state index is 10.9. The summed E-state index contributed by atoms with van der Waals surface area (Å²) in [4.78, 5) is 18.4. The molecule has 92 valence electrons. The van der Waals surface area contributed by atoms with Gasteiger partial charge in [-0.2, -0.15) is 4.98 Å². The minimum atomic E-state index is -0.508. The molecule has 0 aliphatic heterocycles. The Kier molecular flexibility index (Phi) is 3.29. The van der Waals surface area contributed by atoms with Crippen molar-refractivity contribution in [3.8, 4) is 11.6 Å². The molecule has 1 aromatic carbocycles. The number of aromatic nitrogens is 2. The van der Waals surface area contributed by atoms with Crippen molar-refractivity contribution in [3.05, 3.63) is 41.3 Å². The number of nitrogen functional groups attached to an aromatic ring is 1. The third-order valence-electron chi connectivity index (χ3n) is 2.10. The molecular formula is C11H9ClN4O2. The maximum Gasteiger partial charge on any atom is 0.248 e. The Balaban J connectivity index is 2.23. The lowest BCUT2D eigenvalue weighted by molar-refractivity contribution is 0.100. The Hall–Kier alpha value is -2.34. The quantitative estimate of drug-likeness (QED) is 0.820. The van der Waals surface area contributed by atoms with Gasteiger partial charge in [0.05, 0.1) is 6.20 Å². The van der Waals surface area contributed by atoms with Crippen molar-refractivity contribution in [2.75, 3.05) is 5.73 Å². The number of nitrogens with two attached hydrogens (primary N) is 2. The standard InChI is InChI=1S/C11H9ClN4O2/c12-11-15-5-8(13)10(16-11)18-7-3-1-6(2-4-7)9(14)17/h1-5H,13H2,(H2,14,17). The van der Waals surface area contributed by atoms with Crippen LogP contribution in [0.5, 0.6) is 11.6 Å². The van der Waals surface area contributed by atoms with Crippen LogP contribution in [0.2, 0.25) is 5.28 Å². The van der Waals surface area contributed by atoms with Crippen molar-refractivity contribution in [1.82, 2.24) is 9.97 Å². The van der Waals surface area contributed by atoms with E-state index in [1.807, 2.05) is 0 Å². The summed E-state index contributed by atoms with van der Waals surface area (Å²) in [5.41, 5.74) is 11.4. The average Bonchev–Trinajstić information content (AvgIpc) is 2.34. The van der Waals surface area contributed by atoms with Crippen molar-refractivity contribution >= 4 is 23.2 Å². The zero-order valence-electron chi connectivity index (χ0n) is 9.13. The molecule has 18 heavy (non-hydrogen) atoms. The van der Waals surface area contributed by atoms with E-state index in [0.29, 0.717) is 11.3 Å². The number of amides is 1. The van der Waals surface area contributed by atoms with Gasteiger partial charge >= 0.3 is 0 Å². The number of benzene rings is 1. The smallest absolute Gasteiger partial charge is 0.248 e. The van der Waals surface area contributed by atoms with Gasteiger partial charge in [0.2, 0.25) is 17.1 Å². The van der Waals surface area contributed by atoms with Crippen molar-refractivity contribution in [1.29, 1.82) is 0 Å². The second-order valence-corrected chi connectivity index (χ2v) is 3.73. The topological polar surface area (TPSA) is 104 Å². The van der Waals surface area contributed by atoms with Crippen LogP contribution in [-0.4, -0.2) is 15.9 Å². The predicted molar refractivity (Wildman–Crippen MR) is 66.5 cm³/mol. The summed E-state index contributed by atoms with van der Waals surface area (Å²) in [7, 11) is 0. The van der Waals surface area contributed by atoms with E-state index in [9.17, 15) is 4.79 Å². The molecule has 2 aromatic rings. The molecular weight excluding hydrogens is 256 g/mol. The second-order valence-electron chi connectivity index (χ2n) is 3.39. The van der Waals surface area contributed by atoms with Crippen molar-refractivity contribution in [3.63, 3.8) is 0 Å². The minimum absolute atomic E-state index is 0.0351. The van der Waals surface area contributed by atoms with Gasteiger partial charge in [-0.1, -0.05) is 0 Å². The molecule has 7 heteroatoms. The molecule has 0 atom stereocenters. The third-order valence-corrected chi connectivity index (χ3v) is 2.29. The first kappa shape index (κ1) is 12.1. The van der Waals surface area contributed by atoms with E-state index in [4.69, 9.17) is 27.8 Å². The lowest BCUT2D eigenvalue weighted by atomic mass is 10.2. The fourth-order valence-corrected chi connectivity index (χ4v) is 1.36. The highest BCUT2D eigenvalue weighted by Gasteiger charge is 2.07. The number of anilines is 1. The van der Waals surface area contributed by atoms with Gasteiger partial charge in [0.1, 0.15) is 11.4 Å². The van der Waals surface area contributed by atoms with Gasteiger partial charge in [0.25, 0.3) is 0 Å². The first-order valence-corrected chi connectivity index (χ1v) is 5.30. The molecule has 1 aromatic heterocycles. The Morgan fingerprint density at radius 2 is 1.94 bits per heavy atom. The highest BCUT2D eigenvalue weighted by atomic mass is 35.5. The molecule has 1 amide bonds. The van der Waals surface area contributed by atoms with Crippen LogP contribution >= 0.6 is 11.6 Å². The second kappa shape index (κ2) is 4.89. The SMILES string of the molecule is NC(=O)c1ccc(Oc2nc(Cl)ncc2N)cc1. The van der Waals surface area contributed by atoms with E-state index in [1.165, 1.54) is 18.3 Å². The Labute approximate surface area is 108 Å². The molecule has 0 unspecified atom stereocenters. The summed E-state index contributed by atoms with van der Waals surface area (Å²) in [6.07, 6.45) is 1.35. The highest BCUT2D eigenvalue weighted by Crippen LogP contribution is 2.25. The van der Waals surface area contributed by atoms with E-state index in [0.717, 1.165) is 0 Å². The van der Waals surface area contributed by atoms with Crippen LogP contribution in [0.15, 0.2) is 30.5 Å². The third kappa shape index (κ3) is 2.67. The van der Waals surface area contributed by atoms with Gasteiger partial charge in [-0.3, -0.25) is 4.79 Å². The van der Waals surface area contributed by atoms with E-state index in [-0.39, 0.29) is 16.9 Å². The van der Waals surface area contributed by atoms with Gasteiger partial charge in [0.15, 0.2) is 0 Å². The molecule has 6 nitrogen and oxygen atoms in total. The number of nitrogens with zero attached hydrogens (tertiary/aromatic N) is 2. The molecule has 1 heterocycles. The predicted octanol–water partition coefficient (Wildman–Crippen LogP) is 1.60. The monoisotopic (exact) mass is 264 g/mol. The summed E-state index contributed by atoms with van der Waals surface area (Å²) in [6.45, 7) is 0. The van der Waals surface area contributed by atoms with Crippen LogP contribution in [0.3, 0.4) is 0 Å². The molecule has 2 rings (SSSR count). The Morgan fingerprint density at radius 3 is 2.56 bits per heavy atom. The summed E-state index contributed by atoms with van der Waals surface area (Å²) >= 11 is 5.63. The largest absolute Gasteiger partial charge is 0.437 e. The van der Waals surface area contributed by atoms with Crippen molar-refractivity contribution in [2.45, 2.75) is 0 Å². The number of carbonyl (C=O) groups is 1. The van der Waals surface area contributed by atoms with Crippen LogP contribution in [-0.2, 0) is 0 Å². The number of primary amides is 1. The van der Waals surface area contributed by atoms with E-state index < -0.39 is 5.91 Å². The number of rotatable bonds is 3. The zero-order chi connectivity index (χ0) is 13.1. The first-order chi connectivity index (χ1) is 8.56. The van der Waals surface area contributed by atoms with Crippen LogP contribution < -0.4 is 16.2 Å². The van der Waals surface area contributed by atoms with Gasteiger partial charge in [-0.15, -0.1) is 0 Å². The molecule has 0 fully saturated rings. The number of hydrogen-bond acceptors (Lipinski definition) is 5. The number of hydrogen-bond donors (Lipinski definition) is 2. The molecule has 0 spiro atoms. The molecule has 0 saturated heterocycles. The molecule has 0 aliphatic carbocycles. The first-order valence-electron chi connectivity index (χ1n) is 4.92. The Bertz CT molecular complexity index is 586. The van der Waals surface area contributed by atoms with Gasteiger partial charge in [-0.05, 0) is 35.9 Å². The van der Waals surface area contributed by atoms with E-state index in [2.05, 4.69) is 9.97 Å². The van der Waals surface area contributed by atoms with Gasteiger partial charge in [-0.25, -0.2) is 4.98 Å². The minimum Gasteiger partial charge on any atom is -0.437 e. The molecule has 0 bridgehead atoms. The van der Waals surface area contributed by atoms with Crippen LogP contribution in [0.4, 0.5) is 5.69 Å². The average molecular weight is 265 g/mol. The molecule has 0 aliphatic rings. The molecule has 0 radical (unpaired) electrons. The normalized spacial score (nSPS) is 10.1. The maximum absolute atomic E-state index is 10.9. The number of halogens is 1. The van der Waals surface area contributed by atoms with Gasteiger partial charge in [0, 0.05) is 5.56 Å². The highest BCUT2D eigenvalue weighted by molar-refractivity contribution is 6.28. The fourth-order valence-electron chi connectivity index (χ4n) is 1.24. The lowest BCUT2D eigenvalue weighted by Crippen LogP contribution is -2.10. The summed E-state index contributed by atoms with van der Waals surface area (Å²) in [5, 5.41) is 0.0351. The summed E-state index contributed by atoms with van der Waals surface area (Å²) < 4.78 is 5.41. The molecule has 0 saturated carbocycles. The van der Waals surface area contributed by atoms with E-state index in [1.54, 1.807) is 12.1 Å². The van der Waals surface area contributed by atoms with Crippen LogP contribution in [0.25, 0.3) is 0 Å². The molecule has 4 N–H and O–H groups in total.